The summed E-state index contributed by atoms with van der Waals surface area (Å²) in [5.74, 6) is 0. The predicted molar refractivity (Wildman–Crippen MR) is 47.8 cm³/mol. The Labute approximate surface area is 90.5 Å². The van der Waals surface area contributed by atoms with Crippen LogP contribution in [0.25, 0.3) is 0 Å². The Hall–Kier alpha value is -0.540. The zero-order valence-corrected chi connectivity index (χ0v) is 7.15. The van der Waals surface area contributed by atoms with E-state index < -0.39 is 25.8 Å². The number of ether oxygens (including phenoxy) is 1. The van der Waals surface area contributed by atoms with Crippen molar-refractivity contribution in [1.82, 2.24) is 9.97 Å². The Kier molecular flexibility index (Phi) is 1.37. The normalized spacial score (nSPS) is 22.0. The molecule has 0 amide bonds. The van der Waals surface area contributed by atoms with Gasteiger partial charge in [-0.25, -0.2) is 0 Å². The Morgan fingerprint density at radius 2 is 2.25 bits per heavy atom. The van der Waals surface area contributed by atoms with E-state index in [0.29, 0.717) is 0 Å². The highest BCUT2D eigenvalue weighted by molar-refractivity contribution is 6.33. The zero-order valence-electron chi connectivity index (χ0n) is 12.6. The maximum atomic E-state index is 7.41. The third-order valence-corrected chi connectivity index (χ3v) is 1.22. The summed E-state index contributed by atoms with van der Waals surface area (Å²) in [5.41, 5.74) is 0. The van der Waals surface area contributed by atoms with Gasteiger partial charge in [0.15, 0.2) is 0 Å². The molecule has 1 aromatic rings. The average Bonchev–Trinajstić information content (AvgIpc) is 2.12. The summed E-state index contributed by atoms with van der Waals surface area (Å²) in [6.45, 7) is -6.44. The molecule has 12 heavy (non-hydrogen) atoms. The minimum atomic E-state index is -3.28. The van der Waals surface area contributed by atoms with Crippen LogP contribution in [0.2, 0.25) is 10.3 Å². The second-order valence-corrected chi connectivity index (χ2v) is 2.40. The molecule has 0 fully saturated rings. The van der Waals surface area contributed by atoms with Crippen LogP contribution in [0.5, 0.6) is 6.01 Å². The molecule has 0 aliphatic heterocycles. The molecule has 0 atom stereocenters. The van der Waals surface area contributed by atoms with E-state index in [1.807, 2.05) is 0 Å². The monoisotopic (exact) mass is 213 g/mol. The number of hydrogen-bond donors (Lipinski definition) is 0. The standard InChI is InChI=1S/C7H8Cl2N2O/c1-2-3-12-7-10-5(8)4-6(9)11-7/h4H,2-3H2,1H3/i1D3,2D2,3D2. The summed E-state index contributed by atoms with van der Waals surface area (Å²) in [7, 11) is 0. The molecule has 0 N–H and O–H groups in total. The summed E-state index contributed by atoms with van der Waals surface area (Å²) >= 11 is 11.1. The highest BCUT2D eigenvalue weighted by Gasteiger charge is 2.01. The molecule has 0 saturated carbocycles. The first-order valence-electron chi connectivity index (χ1n) is 6.26. The molecule has 5 heteroatoms. The van der Waals surface area contributed by atoms with E-state index in [-0.39, 0.29) is 10.3 Å². The molecule has 1 heterocycles. The topological polar surface area (TPSA) is 35.0 Å². The van der Waals surface area contributed by atoms with Crippen molar-refractivity contribution >= 4 is 23.2 Å². The van der Waals surface area contributed by atoms with Crippen molar-refractivity contribution in [1.29, 1.82) is 0 Å². The number of hydrogen-bond acceptors (Lipinski definition) is 3. The minimum absolute atomic E-state index is 0.153. The van der Waals surface area contributed by atoms with Crippen molar-refractivity contribution in [2.45, 2.75) is 13.2 Å². The van der Waals surface area contributed by atoms with E-state index in [1.54, 1.807) is 0 Å². The van der Waals surface area contributed by atoms with E-state index >= 15 is 0 Å². The van der Waals surface area contributed by atoms with Crippen molar-refractivity contribution < 1.29 is 14.3 Å². The molecule has 0 unspecified atom stereocenters. The van der Waals surface area contributed by atoms with E-state index in [1.165, 1.54) is 0 Å². The van der Waals surface area contributed by atoms with Crippen molar-refractivity contribution in [3.05, 3.63) is 16.4 Å². The fourth-order valence-electron chi connectivity index (χ4n) is 0.487. The molecule has 3 nitrogen and oxygen atoms in total. The lowest BCUT2D eigenvalue weighted by Gasteiger charge is -2.01. The third kappa shape index (κ3) is 2.83. The molecular formula is C7H8Cl2N2O. The lowest BCUT2D eigenvalue weighted by atomic mass is 10.5. The van der Waals surface area contributed by atoms with Crippen molar-refractivity contribution in [3.8, 4) is 6.01 Å². The molecule has 0 spiro atoms. The van der Waals surface area contributed by atoms with E-state index in [9.17, 15) is 0 Å². The van der Waals surface area contributed by atoms with Gasteiger partial charge in [0.05, 0.1) is 9.30 Å². The van der Waals surface area contributed by atoms with Gasteiger partial charge < -0.3 is 4.74 Å². The number of rotatable bonds is 3. The Bertz CT molecular complexity index is 459. The maximum Gasteiger partial charge on any atom is 0.319 e. The lowest BCUT2D eigenvalue weighted by molar-refractivity contribution is 0.292. The molecular weight excluding hydrogens is 199 g/mol. The van der Waals surface area contributed by atoms with Crippen LogP contribution in [-0.4, -0.2) is 16.5 Å². The molecule has 66 valence electrons. The smallest absolute Gasteiger partial charge is 0.319 e. The molecule has 0 aromatic carbocycles. The molecule has 1 aromatic heterocycles. The molecule has 0 bridgehead atoms. The predicted octanol–water partition coefficient (Wildman–Crippen LogP) is 2.57. The number of aromatic nitrogens is 2. The van der Waals surface area contributed by atoms with Gasteiger partial charge in [0.2, 0.25) is 0 Å². The fraction of sp³-hybridized carbons (Fsp3) is 0.429. The van der Waals surface area contributed by atoms with Gasteiger partial charge in [0.25, 0.3) is 0 Å². The second kappa shape index (κ2) is 4.48. The maximum absolute atomic E-state index is 7.41. The Morgan fingerprint density at radius 1 is 1.58 bits per heavy atom. The van der Waals surface area contributed by atoms with Crippen LogP contribution in [0.4, 0.5) is 0 Å². The molecule has 1 rings (SSSR count). The molecule has 0 aliphatic carbocycles. The van der Waals surface area contributed by atoms with Crippen molar-refractivity contribution in [2.24, 2.45) is 0 Å². The molecule has 0 aliphatic rings. The Balaban J connectivity index is 3.09. The van der Waals surface area contributed by atoms with Crippen LogP contribution in [0, 0.1) is 0 Å². The number of halogens is 2. The average molecular weight is 214 g/mol. The first-order valence-corrected chi connectivity index (χ1v) is 3.51. The lowest BCUT2D eigenvalue weighted by Crippen LogP contribution is -1.99. The van der Waals surface area contributed by atoms with Crippen LogP contribution in [-0.2, 0) is 0 Å². The minimum Gasteiger partial charge on any atom is -0.463 e. The van der Waals surface area contributed by atoms with Gasteiger partial charge in [-0.15, -0.1) is 0 Å². The first kappa shape index (κ1) is 3.68. The van der Waals surface area contributed by atoms with Gasteiger partial charge in [0.1, 0.15) is 10.3 Å². The summed E-state index contributed by atoms with van der Waals surface area (Å²) in [6, 6.07) is 0.500. The molecule has 0 saturated heterocycles. The van der Waals surface area contributed by atoms with Gasteiger partial charge in [-0.2, -0.15) is 9.97 Å². The van der Waals surface area contributed by atoms with Gasteiger partial charge in [0, 0.05) is 12.9 Å². The highest BCUT2D eigenvalue weighted by atomic mass is 35.5. The SMILES string of the molecule is [2H]C([2H])([2H])C([2H])([2H])C([2H])([2H])Oc1nc(Cl)cc(Cl)n1. The fourth-order valence-corrected chi connectivity index (χ4v) is 0.895. The van der Waals surface area contributed by atoms with Gasteiger partial charge in [-0.1, -0.05) is 30.1 Å². The van der Waals surface area contributed by atoms with Crippen LogP contribution < -0.4 is 4.74 Å². The second-order valence-electron chi connectivity index (χ2n) is 1.63. The van der Waals surface area contributed by atoms with Crippen molar-refractivity contribution in [2.75, 3.05) is 6.56 Å². The van der Waals surface area contributed by atoms with Crippen LogP contribution >= 0.6 is 23.2 Å². The summed E-state index contributed by atoms with van der Waals surface area (Å²) in [5, 5.41) is -0.305. The number of nitrogens with zero attached hydrogens (tertiary/aromatic N) is 2. The highest BCUT2D eigenvalue weighted by Crippen LogP contribution is 2.15. The summed E-state index contributed by atoms with van der Waals surface area (Å²) in [4.78, 5) is 6.94. The van der Waals surface area contributed by atoms with Gasteiger partial charge in [-0.05, 0) is 6.37 Å². The van der Waals surface area contributed by atoms with Gasteiger partial charge >= 0.3 is 6.01 Å². The van der Waals surface area contributed by atoms with E-state index in [2.05, 4.69) is 14.7 Å². The van der Waals surface area contributed by atoms with Crippen LogP contribution in [0.3, 0.4) is 0 Å². The van der Waals surface area contributed by atoms with Gasteiger partial charge in [-0.3, -0.25) is 0 Å². The first-order chi connectivity index (χ1) is 8.37. The third-order valence-electron chi connectivity index (χ3n) is 0.836. The largest absolute Gasteiger partial charge is 0.463 e. The zero-order chi connectivity index (χ0) is 15.1. The quantitative estimate of drug-likeness (QED) is 0.725. The molecule has 0 radical (unpaired) electrons. The van der Waals surface area contributed by atoms with E-state index in [4.69, 9.17) is 32.8 Å². The van der Waals surface area contributed by atoms with Crippen molar-refractivity contribution in [3.63, 3.8) is 0 Å². The summed E-state index contributed by atoms with van der Waals surface area (Å²) < 4.78 is 55.0. The Morgan fingerprint density at radius 3 is 2.83 bits per heavy atom. The summed E-state index contributed by atoms with van der Waals surface area (Å²) in [6.07, 6.45) is -3.28. The van der Waals surface area contributed by atoms with Crippen LogP contribution in [0.15, 0.2) is 6.07 Å². The van der Waals surface area contributed by atoms with E-state index in [0.717, 1.165) is 6.07 Å². The van der Waals surface area contributed by atoms with Crippen LogP contribution in [0.1, 0.15) is 22.8 Å².